The van der Waals surface area contributed by atoms with E-state index in [0.717, 1.165) is 12.8 Å². The van der Waals surface area contributed by atoms with Crippen molar-refractivity contribution in [3.63, 3.8) is 0 Å². The van der Waals surface area contributed by atoms with Crippen molar-refractivity contribution in [1.82, 2.24) is 5.32 Å². The van der Waals surface area contributed by atoms with Gasteiger partial charge in [-0.3, -0.25) is 4.79 Å². The van der Waals surface area contributed by atoms with Gasteiger partial charge in [-0.15, -0.1) is 11.6 Å². The van der Waals surface area contributed by atoms with E-state index in [0.29, 0.717) is 22.8 Å². The smallest absolute Gasteiger partial charge is 0.242 e. The van der Waals surface area contributed by atoms with E-state index in [-0.39, 0.29) is 11.9 Å². The van der Waals surface area contributed by atoms with Gasteiger partial charge < -0.3 is 19.5 Å². The molecule has 1 N–H and O–H groups in total. The zero-order chi connectivity index (χ0) is 14.7. The Labute approximate surface area is 123 Å². The van der Waals surface area contributed by atoms with Gasteiger partial charge in [0, 0.05) is 17.7 Å². The van der Waals surface area contributed by atoms with Crippen LogP contribution in [0.25, 0.3) is 0 Å². The lowest BCUT2D eigenvalue weighted by molar-refractivity contribution is -0.121. The first-order chi connectivity index (χ1) is 9.60. The summed E-state index contributed by atoms with van der Waals surface area (Å²) in [5.41, 5.74) is 0.560. The Morgan fingerprint density at radius 3 is 2.20 bits per heavy atom. The van der Waals surface area contributed by atoms with Crippen molar-refractivity contribution in [1.29, 1.82) is 0 Å². The average Bonchev–Trinajstić information content (AvgIpc) is 3.28. The minimum Gasteiger partial charge on any atom is -0.496 e. The first kappa shape index (κ1) is 14.8. The maximum Gasteiger partial charge on any atom is 0.242 e. The highest BCUT2D eigenvalue weighted by Gasteiger charge is 2.29. The molecule has 0 saturated heterocycles. The summed E-state index contributed by atoms with van der Waals surface area (Å²) in [5, 5.41) is 2.04. The van der Waals surface area contributed by atoms with E-state index in [1.807, 2.05) is 0 Å². The molecular formula is C14H18ClNO4. The molecule has 0 heterocycles. The van der Waals surface area contributed by atoms with Crippen molar-refractivity contribution in [3.05, 3.63) is 17.7 Å². The van der Waals surface area contributed by atoms with Crippen molar-refractivity contribution in [2.45, 2.75) is 24.3 Å². The van der Waals surface area contributed by atoms with Crippen LogP contribution in [0.5, 0.6) is 17.2 Å². The molecule has 6 heteroatoms. The number of carbonyl (C=O) groups is 1. The predicted molar refractivity (Wildman–Crippen MR) is 75.9 cm³/mol. The normalized spacial score (nSPS) is 15.4. The number of hydrogen-bond donors (Lipinski definition) is 1. The lowest BCUT2D eigenvalue weighted by atomic mass is 10.1. The van der Waals surface area contributed by atoms with Crippen molar-refractivity contribution >= 4 is 17.5 Å². The highest BCUT2D eigenvalue weighted by molar-refractivity contribution is 6.31. The fourth-order valence-electron chi connectivity index (χ4n) is 1.89. The molecule has 1 aromatic carbocycles. The van der Waals surface area contributed by atoms with E-state index in [1.165, 1.54) is 21.3 Å². The molecular weight excluding hydrogens is 282 g/mol. The highest BCUT2D eigenvalue weighted by Crippen LogP contribution is 2.39. The Bertz CT molecular complexity index is 502. The van der Waals surface area contributed by atoms with Crippen molar-refractivity contribution in [2.75, 3.05) is 21.3 Å². The molecule has 1 amide bonds. The molecule has 1 aliphatic carbocycles. The Hall–Kier alpha value is -1.62. The molecule has 0 spiro atoms. The largest absolute Gasteiger partial charge is 0.496 e. The van der Waals surface area contributed by atoms with Crippen molar-refractivity contribution in [3.8, 4) is 17.2 Å². The van der Waals surface area contributed by atoms with Crippen LogP contribution < -0.4 is 19.5 Å². The van der Waals surface area contributed by atoms with Crippen molar-refractivity contribution in [2.24, 2.45) is 0 Å². The fraction of sp³-hybridized carbons (Fsp3) is 0.500. The average molecular weight is 300 g/mol. The Kier molecular flexibility index (Phi) is 4.60. The van der Waals surface area contributed by atoms with Crippen LogP contribution in [0.3, 0.4) is 0 Å². The topological polar surface area (TPSA) is 56.8 Å². The van der Waals surface area contributed by atoms with Crippen molar-refractivity contribution < 1.29 is 19.0 Å². The summed E-state index contributed by atoms with van der Waals surface area (Å²) in [6.07, 6.45) is 2.02. The van der Waals surface area contributed by atoms with Gasteiger partial charge in [-0.25, -0.2) is 0 Å². The molecule has 1 fully saturated rings. The van der Waals surface area contributed by atoms with E-state index in [9.17, 15) is 4.79 Å². The second kappa shape index (κ2) is 6.22. The van der Waals surface area contributed by atoms with Crippen LogP contribution in [0.15, 0.2) is 12.1 Å². The first-order valence-corrected chi connectivity index (χ1v) is 6.78. The maximum atomic E-state index is 12.0. The molecule has 2 rings (SSSR count). The number of carbonyl (C=O) groups excluding carboxylic acids is 1. The number of ether oxygens (including phenoxy) is 3. The van der Waals surface area contributed by atoms with Crippen LogP contribution in [-0.2, 0) is 4.79 Å². The van der Waals surface area contributed by atoms with E-state index >= 15 is 0 Å². The monoisotopic (exact) mass is 299 g/mol. The fourth-order valence-corrected chi connectivity index (χ4v) is 2.13. The van der Waals surface area contributed by atoms with Gasteiger partial charge in [0.25, 0.3) is 0 Å². The van der Waals surface area contributed by atoms with Crippen LogP contribution >= 0.6 is 11.6 Å². The lowest BCUT2D eigenvalue weighted by Crippen LogP contribution is -2.29. The van der Waals surface area contributed by atoms with Crippen LogP contribution in [0.2, 0.25) is 0 Å². The van der Waals surface area contributed by atoms with Crippen LogP contribution in [-0.4, -0.2) is 33.3 Å². The molecule has 0 bridgehead atoms. The zero-order valence-electron chi connectivity index (χ0n) is 11.7. The summed E-state index contributed by atoms with van der Waals surface area (Å²) < 4.78 is 15.7. The molecule has 0 aliphatic heterocycles. The molecule has 1 saturated carbocycles. The Morgan fingerprint density at radius 2 is 1.70 bits per heavy atom. The third-order valence-corrected chi connectivity index (χ3v) is 3.60. The molecule has 5 nitrogen and oxygen atoms in total. The van der Waals surface area contributed by atoms with Gasteiger partial charge >= 0.3 is 0 Å². The third-order valence-electron chi connectivity index (χ3n) is 3.16. The second-order valence-electron chi connectivity index (χ2n) is 4.59. The molecule has 1 aliphatic rings. The maximum absolute atomic E-state index is 12.0. The number of rotatable bonds is 6. The third kappa shape index (κ3) is 3.10. The quantitative estimate of drug-likeness (QED) is 0.819. The van der Waals surface area contributed by atoms with Crippen LogP contribution in [0.4, 0.5) is 0 Å². The summed E-state index contributed by atoms with van der Waals surface area (Å²) in [7, 11) is 4.59. The zero-order valence-corrected chi connectivity index (χ0v) is 12.5. The standard InChI is InChI=1S/C14H18ClNO4/c1-18-10-7-12(20-3)11(19-2)6-9(10)13(15)14(17)16-8-4-5-8/h6-8,13H,4-5H2,1-3H3,(H,16,17). The predicted octanol–water partition coefficient (Wildman–Crippen LogP) is 2.27. The van der Waals surface area contributed by atoms with E-state index < -0.39 is 5.38 Å². The number of amides is 1. The summed E-state index contributed by atoms with van der Waals surface area (Å²) in [6.45, 7) is 0. The second-order valence-corrected chi connectivity index (χ2v) is 5.03. The number of nitrogens with one attached hydrogen (secondary N) is 1. The summed E-state index contributed by atoms with van der Waals surface area (Å²) in [4.78, 5) is 12.0. The Balaban J connectivity index is 2.30. The van der Waals surface area contributed by atoms with E-state index in [2.05, 4.69) is 5.32 Å². The van der Waals surface area contributed by atoms with E-state index in [1.54, 1.807) is 12.1 Å². The van der Waals surface area contributed by atoms with Gasteiger partial charge in [0.1, 0.15) is 11.1 Å². The molecule has 1 aromatic rings. The summed E-state index contributed by atoms with van der Waals surface area (Å²) >= 11 is 6.25. The molecule has 110 valence electrons. The van der Waals surface area contributed by atoms with Gasteiger partial charge in [-0.2, -0.15) is 0 Å². The minimum atomic E-state index is -0.828. The Morgan fingerprint density at radius 1 is 1.15 bits per heavy atom. The summed E-state index contributed by atoms with van der Waals surface area (Å²) in [5.74, 6) is 1.31. The van der Waals surface area contributed by atoms with Gasteiger partial charge in [0.05, 0.1) is 21.3 Å². The van der Waals surface area contributed by atoms with Gasteiger partial charge in [-0.1, -0.05) is 0 Å². The number of methoxy groups -OCH3 is 3. The van der Waals surface area contributed by atoms with Gasteiger partial charge in [0.15, 0.2) is 11.5 Å². The minimum absolute atomic E-state index is 0.223. The number of halogens is 1. The number of alkyl halides is 1. The number of benzene rings is 1. The molecule has 1 unspecified atom stereocenters. The molecule has 0 radical (unpaired) electrons. The van der Waals surface area contributed by atoms with Crippen LogP contribution in [0, 0.1) is 0 Å². The SMILES string of the molecule is COc1cc(OC)c(C(Cl)C(=O)NC2CC2)cc1OC. The lowest BCUT2D eigenvalue weighted by Gasteiger charge is -2.17. The van der Waals surface area contributed by atoms with Crippen LogP contribution in [0.1, 0.15) is 23.8 Å². The molecule has 0 aromatic heterocycles. The van der Waals surface area contributed by atoms with Gasteiger partial charge in [0.2, 0.25) is 5.91 Å². The summed E-state index contributed by atoms with van der Waals surface area (Å²) in [6, 6.07) is 3.59. The van der Waals surface area contributed by atoms with Gasteiger partial charge in [-0.05, 0) is 18.9 Å². The number of hydrogen-bond acceptors (Lipinski definition) is 4. The molecule has 20 heavy (non-hydrogen) atoms. The highest BCUT2D eigenvalue weighted by atomic mass is 35.5. The molecule has 1 atom stereocenters. The van der Waals surface area contributed by atoms with E-state index in [4.69, 9.17) is 25.8 Å². The first-order valence-electron chi connectivity index (χ1n) is 6.35.